The Labute approximate surface area is 113 Å². The van der Waals surface area contributed by atoms with E-state index in [0.717, 1.165) is 12.4 Å². The number of hydrogen-bond acceptors (Lipinski definition) is 7. The first-order valence-electron chi connectivity index (χ1n) is 6.23. The normalized spacial score (nSPS) is 14.5. The van der Waals surface area contributed by atoms with Gasteiger partial charge in [0.05, 0.1) is 25.8 Å². The molecule has 1 aromatic rings. The number of nitrogens with one attached hydrogen (secondary N) is 1. The third-order valence-corrected chi connectivity index (χ3v) is 2.77. The van der Waals surface area contributed by atoms with Crippen molar-refractivity contribution in [3.63, 3.8) is 0 Å². The number of ether oxygens (including phenoxy) is 3. The van der Waals surface area contributed by atoms with Gasteiger partial charge in [0.2, 0.25) is 0 Å². The van der Waals surface area contributed by atoms with Crippen molar-refractivity contribution in [3.05, 3.63) is 5.82 Å². The van der Waals surface area contributed by atoms with E-state index in [1.165, 1.54) is 0 Å². The van der Waals surface area contributed by atoms with Gasteiger partial charge in [-0.25, -0.2) is 4.68 Å². The average molecular weight is 273 g/mol. The topological polar surface area (TPSA) is 83.3 Å². The van der Waals surface area contributed by atoms with Crippen LogP contribution in [0, 0.1) is 0 Å². The van der Waals surface area contributed by atoms with Crippen LogP contribution in [0.5, 0.6) is 0 Å². The third-order valence-electron chi connectivity index (χ3n) is 2.77. The Morgan fingerprint density at radius 2 is 2.05 bits per heavy atom. The maximum Gasteiger partial charge on any atom is 0.168 e. The summed E-state index contributed by atoms with van der Waals surface area (Å²) in [5.41, 5.74) is 0. The predicted molar refractivity (Wildman–Crippen MR) is 68.8 cm³/mol. The number of hydrogen-bond donors (Lipinski definition) is 1. The number of tetrazole rings is 1. The van der Waals surface area contributed by atoms with E-state index in [9.17, 15) is 0 Å². The number of aromatic nitrogens is 4. The predicted octanol–water partition coefficient (Wildman–Crippen LogP) is -0.368. The van der Waals surface area contributed by atoms with E-state index in [0.29, 0.717) is 19.8 Å². The molecule has 0 radical (unpaired) electrons. The van der Waals surface area contributed by atoms with Crippen LogP contribution in [-0.2, 0) is 20.8 Å². The molecule has 0 fully saturated rings. The van der Waals surface area contributed by atoms with Gasteiger partial charge in [0.25, 0.3) is 0 Å². The molecule has 1 heterocycles. The maximum atomic E-state index is 5.32. The SMILES string of the molecule is COCCNC(C)c1nnnn1CC(COC)OC. The minimum Gasteiger partial charge on any atom is -0.383 e. The molecule has 0 saturated heterocycles. The summed E-state index contributed by atoms with van der Waals surface area (Å²) in [5, 5.41) is 15.0. The van der Waals surface area contributed by atoms with Crippen molar-refractivity contribution in [2.75, 3.05) is 41.1 Å². The second-order valence-corrected chi connectivity index (χ2v) is 4.20. The smallest absolute Gasteiger partial charge is 0.168 e. The molecule has 0 saturated carbocycles. The molecule has 0 aliphatic rings. The largest absolute Gasteiger partial charge is 0.383 e. The zero-order chi connectivity index (χ0) is 14.1. The summed E-state index contributed by atoms with van der Waals surface area (Å²) in [4.78, 5) is 0. The van der Waals surface area contributed by atoms with Crippen LogP contribution in [0.3, 0.4) is 0 Å². The van der Waals surface area contributed by atoms with Crippen LogP contribution >= 0.6 is 0 Å². The summed E-state index contributed by atoms with van der Waals surface area (Å²) in [7, 11) is 4.96. The number of rotatable bonds is 10. The molecule has 0 aromatic carbocycles. The van der Waals surface area contributed by atoms with Crippen molar-refractivity contribution in [1.29, 1.82) is 0 Å². The van der Waals surface area contributed by atoms with E-state index in [1.807, 2.05) is 6.92 Å². The molecule has 2 unspecified atom stereocenters. The Balaban J connectivity index is 2.57. The van der Waals surface area contributed by atoms with Crippen molar-refractivity contribution in [2.24, 2.45) is 0 Å². The second kappa shape index (κ2) is 8.92. The molecule has 0 bridgehead atoms. The molecule has 1 N–H and O–H groups in total. The summed E-state index contributed by atoms with van der Waals surface area (Å²) < 4.78 is 17.1. The van der Waals surface area contributed by atoms with Crippen LogP contribution in [0.15, 0.2) is 0 Å². The van der Waals surface area contributed by atoms with Gasteiger partial charge in [0.15, 0.2) is 5.82 Å². The number of nitrogens with zero attached hydrogens (tertiary/aromatic N) is 4. The third kappa shape index (κ3) is 5.19. The molecule has 19 heavy (non-hydrogen) atoms. The Morgan fingerprint density at radius 1 is 1.26 bits per heavy atom. The van der Waals surface area contributed by atoms with Gasteiger partial charge in [-0.05, 0) is 17.4 Å². The van der Waals surface area contributed by atoms with Crippen molar-refractivity contribution in [1.82, 2.24) is 25.5 Å². The highest BCUT2D eigenvalue weighted by Crippen LogP contribution is 2.08. The lowest BCUT2D eigenvalue weighted by Crippen LogP contribution is -2.29. The van der Waals surface area contributed by atoms with Gasteiger partial charge in [-0.3, -0.25) is 0 Å². The van der Waals surface area contributed by atoms with Gasteiger partial charge < -0.3 is 19.5 Å². The van der Waals surface area contributed by atoms with Gasteiger partial charge >= 0.3 is 0 Å². The maximum absolute atomic E-state index is 5.32. The molecule has 8 nitrogen and oxygen atoms in total. The van der Waals surface area contributed by atoms with E-state index in [1.54, 1.807) is 26.0 Å². The second-order valence-electron chi connectivity index (χ2n) is 4.20. The molecule has 1 rings (SSSR count). The molecule has 0 amide bonds. The molecular formula is C11H23N5O3. The molecule has 0 spiro atoms. The Kier molecular flexibility index (Phi) is 7.49. The van der Waals surface area contributed by atoms with E-state index in [4.69, 9.17) is 14.2 Å². The van der Waals surface area contributed by atoms with Crippen molar-refractivity contribution in [2.45, 2.75) is 25.6 Å². The lowest BCUT2D eigenvalue weighted by molar-refractivity contribution is 0.0153. The Bertz CT molecular complexity index is 347. The van der Waals surface area contributed by atoms with Crippen LogP contribution in [0.4, 0.5) is 0 Å². The van der Waals surface area contributed by atoms with Crippen LogP contribution in [0.25, 0.3) is 0 Å². The van der Waals surface area contributed by atoms with Gasteiger partial charge in [0, 0.05) is 27.9 Å². The van der Waals surface area contributed by atoms with Gasteiger partial charge in [-0.2, -0.15) is 0 Å². The first-order chi connectivity index (χ1) is 9.22. The summed E-state index contributed by atoms with van der Waals surface area (Å²) in [6, 6.07) is 0.0465. The zero-order valence-electron chi connectivity index (χ0n) is 12.0. The standard InChI is InChI=1S/C11H23N5O3/c1-9(12-5-6-17-2)11-13-14-15-16(11)7-10(19-4)8-18-3/h9-10,12H,5-8H2,1-4H3. The molecule has 0 aliphatic heterocycles. The van der Waals surface area contributed by atoms with Crippen LogP contribution in [-0.4, -0.2) is 67.4 Å². The molecule has 8 heteroatoms. The molecule has 0 aliphatic carbocycles. The van der Waals surface area contributed by atoms with Gasteiger partial charge in [-0.1, -0.05) is 0 Å². The first kappa shape index (κ1) is 16.0. The monoisotopic (exact) mass is 273 g/mol. The highest BCUT2D eigenvalue weighted by atomic mass is 16.5. The van der Waals surface area contributed by atoms with Gasteiger partial charge in [-0.15, -0.1) is 5.10 Å². The summed E-state index contributed by atoms with van der Waals surface area (Å²) in [6.07, 6.45) is -0.0709. The van der Waals surface area contributed by atoms with Crippen molar-refractivity contribution in [3.8, 4) is 0 Å². The Morgan fingerprint density at radius 3 is 2.68 bits per heavy atom. The molecule has 1 aromatic heterocycles. The van der Waals surface area contributed by atoms with E-state index >= 15 is 0 Å². The highest BCUT2D eigenvalue weighted by molar-refractivity contribution is 4.90. The lowest BCUT2D eigenvalue weighted by Gasteiger charge is -2.17. The molecular weight excluding hydrogens is 250 g/mol. The average Bonchev–Trinajstić information content (AvgIpc) is 2.86. The fourth-order valence-corrected chi connectivity index (χ4v) is 1.69. The first-order valence-corrected chi connectivity index (χ1v) is 6.23. The van der Waals surface area contributed by atoms with E-state index in [2.05, 4.69) is 20.8 Å². The zero-order valence-corrected chi connectivity index (χ0v) is 12.0. The van der Waals surface area contributed by atoms with Crippen molar-refractivity contribution < 1.29 is 14.2 Å². The van der Waals surface area contributed by atoms with Gasteiger partial charge in [0.1, 0.15) is 6.10 Å². The quantitative estimate of drug-likeness (QED) is 0.582. The van der Waals surface area contributed by atoms with Crippen molar-refractivity contribution >= 4 is 0 Å². The lowest BCUT2D eigenvalue weighted by atomic mass is 10.3. The minimum absolute atomic E-state index is 0.0465. The van der Waals surface area contributed by atoms with E-state index in [-0.39, 0.29) is 12.1 Å². The summed E-state index contributed by atoms with van der Waals surface area (Å²) in [5.74, 6) is 0.772. The Hall–Kier alpha value is -1.09. The fourth-order valence-electron chi connectivity index (χ4n) is 1.69. The minimum atomic E-state index is -0.0709. The highest BCUT2D eigenvalue weighted by Gasteiger charge is 2.17. The van der Waals surface area contributed by atoms with Crippen LogP contribution < -0.4 is 5.32 Å². The van der Waals surface area contributed by atoms with E-state index < -0.39 is 0 Å². The molecule has 2 atom stereocenters. The summed E-state index contributed by atoms with van der Waals surface area (Å²) >= 11 is 0. The fraction of sp³-hybridized carbons (Fsp3) is 0.909. The van der Waals surface area contributed by atoms with Crippen LogP contribution in [0.1, 0.15) is 18.8 Å². The van der Waals surface area contributed by atoms with Crippen LogP contribution in [0.2, 0.25) is 0 Å². The number of methoxy groups -OCH3 is 3. The molecule has 110 valence electrons. The summed E-state index contributed by atoms with van der Waals surface area (Å²) in [6.45, 7) is 4.47.